The van der Waals surface area contributed by atoms with E-state index in [0.717, 1.165) is 24.5 Å². The van der Waals surface area contributed by atoms with Gasteiger partial charge < -0.3 is 14.8 Å². The van der Waals surface area contributed by atoms with Gasteiger partial charge in [0.05, 0.1) is 24.9 Å². The topological polar surface area (TPSA) is 30.5 Å². The zero-order valence-electron chi connectivity index (χ0n) is 9.19. The Kier molecular flexibility index (Phi) is 3.11. The van der Waals surface area contributed by atoms with Crippen LogP contribution in [0.25, 0.3) is 0 Å². The summed E-state index contributed by atoms with van der Waals surface area (Å²) in [4.78, 5) is 0. The van der Waals surface area contributed by atoms with Crippen molar-refractivity contribution in [2.45, 2.75) is 25.5 Å². The lowest BCUT2D eigenvalue weighted by Gasteiger charge is -2.19. The van der Waals surface area contributed by atoms with E-state index in [1.54, 1.807) is 7.11 Å². The monoisotopic (exact) mass is 207 g/mol. The molecule has 15 heavy (non-hydrogen) atoms. The lowest BCUT2D eigenvalue weighted by Crippen LogP contribution is -2.26. The Morgan fingerprint density at radius 1 is 1.40 bits per heavy atom. The predicted molar refractivity (Wildman–Crippen MR) is 60.4 cm³/mol. The van der Waals surface area contributed by atoms with Crippen LogP contribution >= 0.6 is 0 Å². The van der Waals surface area contributed by atoms with Crippen molar-refractivity contribution in [1.82, 2.24) is 0 Å². The SMILES string of the molecule is COc1ccccc1N[C@H]1CCO[C@@H]1C. The maximum Gasteiger partial charge on any atom is 0.141 e. The van der Waals surface area contributed by atoms with E-state index in [-0.39, 0.29) is 6.10 Å². The molecule has 3 heteroatoms. The number of nitrogens with one attached hydrogen (secondary N) is 1. The fourth-order valence-electron chi connectivity index (χ4n) is 1.88. The first kappa shape index (κ1) is 10.3. The molecule has 2 atom stereocenters. The molecular weight excluding hydrogens is 190 g/mol. The summed E-state index contributed by atoms with van der Waals surface area (Å²) >= 11 is 0. The molecule has 0 aromatic heterocycles. The van der Waals surface area contributed by atoms with Crippen LogP contribution in [-0.4, -0.2) is 25.9 Å². The number of rotatable bonds is 3. The molecule has 0 amide bonds. The van der Waals surface area contributed by atoms with Crippen molar-refractivity contribution in [3.05, 3.63) is 24.3 Å². The fourth-order valence-corrected chi connectivity index (χ4v) is 1.88. The van der Waals surface area contributed by atoms with Gasteiger partial charge >= 0.3 is 0 Å². The Morgan fingerprint density at radius 2 is 2.20 bits per heavy atom. The molecule has 0 aliphatic carbocycles. The van der Waals surface area contributed by atoms with Crippen LogP contribution in [0.4, 0.5) is 5.69 Å². The number of benzene rings is 1. The molecule has 1 aromatic carbocycles. The molecule has 0 spiro atoms. The summed E-state index contributed by atoms with van der Waals surface area (Å²) < 4.78 is 10.8. The van der Waals surface area contributed by atoms with Crippen LogP contribution in [0.15, 0.2) is 24.3 Å². The highest BCUT2D eigenvalue weighted by Gasteiger charge is 2.24. The fraction of sp³-hybridized carbons (Fsp3) is 0.500. The highest BCUT2D eigenvalue weighted by Crippen LogP contribution is 2.26. The van der Waals surface area contributed by atoms with Crippen LogP contribution in [0, 0.1) is 0 Å². The lowest BCUT2D eigenvalue weighted by molar-refractivity contribution is 0.121. The van der Waals surface area contributed by atoms with E-state index < -0.39 is 0 Å². The van der Waals surface area contributed by atoms with Gasteiger partial charge in [-0.15, -0.1) is 0 Å². The highest BCUT2D eigenvalue weighted by atomic mass is 16.5. The second-order valence-corrected chi connectivity index (χ2v) is 3.82. The molecular formula is C12H17NO2. The number of para-hydroxylation sites is 2. The number of hydrogen-bond donors (Lipinski definition) is 1. The largest absolute Gasteiger partial charge is 0.495 e. The average molecular weight is 207 g/mol. The number of methoxy groups -OCH3 is 1. The van der Waals surface area contributed by atoms with Gasteiger partial charge in [-0.1, -0.05) is 12.1 Å². The Morgan fingerprint density at radius 3 is 2.87 bits per heavy atom. The van der Waals surface area contributed by atoms with Crippen molar-refractivity contribution < 1.29 is 9.47 Å². The van der Waals surface area contributed by atoms with Crippen LogP contribution in [0.2, 0.25) is 0 Å². The van der Waals surface area contributed by atoms with Crippen molar-refractivity contribution in [3.8, 4) is 5.75 Å². The second-order valence-electron chi connectivity index (χ2n) is 3.82. The standard InChI is InChI=1S/C12H17NO2/c1-9-10(7-8-15-9)13-11-5-3-4-6-12(11)14-2/h3-6,9-10,13H,7-8H2,1-2H3/t9-,10+/m1/s1. The molecule has 1 aromatic rings. The quantitative estimate of drug-likeness (QED) is 0.824. The van der Waals surface area contributed by atoms with Crippen LogP contribution in [-0.2, 0) is 4.74 Å². The Hall–Kier alpha value is -1.22. The smallest absolute Gasteiger partial charge is 0.141 e. The summed E-state index contributed by atoms with van der Waals surface area (Å²) in [6.45, 7) is 2.94. The molecule has 0 bridgehead atoms. The molecule has 1 aliphatic heterocycles. The normalized spacial score (nSPS) is 25.2. The summed E-state index contributed by atoms with van der Waals surface area (Å²) in [5.41, 5.74) is 1.04. The first-order chi connectivity index (χ1) is 7.31. The molecule has 3 nitrogen and oxygen atoms in total. The van der Waals surface area contributed by atoms with Crippen LogP contribution in [0.1, 0.15) is 13.3 Å². The molecule has 1 heterocycles. The van der Waals surface area contributed by atoms with E-state index in [0.29, 0.717) is 6.04 Å². The van der Waals surface area contributed by atoms with Gasteiger partial charge in [0, 0.05) is 6.61 Å². The van der Waals surface area contributed by atoms with Gasteiger partial charge in [0.15, 0.2) is 0 Å². The Bertz CT molecular complexity index is 327. The molecule has 0 saturated carbocycles. The first-order valence-corrected chi connectivity index (χ1v) is 5.32. The van der Waals surface area contributed by atoms with Gasteiger partial charge in [0.25, 0.3) is 0 Å². The third-order valence-corrected chi connectivity index (χ3v) is 2.82. The summed E-state index contributed by atoms with van der Waals surface area (Å²) in [6, 6.07) is 8.36. The van der Waals surface area contributed by atoms with Crippen molar-refractivity contribution in [1.29, 1.82) is 0 Å². The summed E-state index contributed by atoms with van der Waals surface area (Å²) in [7, 11) is 1.69. The minimum atomic E-state index is 0.273. The van der Waals surface area contributed by atoms with Gasteiger partial charge in [0.2, 0.25) is 0 Å². The van der Waals surface area contributed by atoms with E-state index in [2.05, 4.69) is 12.2 Å². The zero-order chi connectivity index (χ0) is 10.7. The van der Waals surface area contributed by atoms with E-state index in [1.807, 2.05) is 24.3 Å². The van der Waals surface area contributed by atoms with E-state index in [9.17, 15) is 0 Å². The molecule has 1 fully saturated rings. The van der Waals surface area contributed by atoms with Crippen LogP contribution < -0.4 is 10.1 Å². The number of anilines is 1. The minimum Gasteiger partial charge on any atom is -0.495 e. The van der Waals surface area contributed by atoms with Gasteiger partial charge in [-0.05, 0) is 25.5 Å². The van der Waals surface area contributed by atoms with Crippen molar-refractivity contribution >= 4 is 5.69 Å². The zero-order valence-corrected chi connectivity index (χ0v) is 9.19. The molecule has 1 aliphatic rings. The molecule has 0 unspecified atom stereocenters. The molecule has 0 radical (unpaired) electrons. The van der Waals surface area contributed by atoms with E-state index in [4.69, 9.17) is 9.47 Å². The van der Waals surface area contributed by atoms with E-state index >= 15 is 0 Å². The highest BCUT2D eigenvalue weighted by molar-refractivity contribution is 5.56. The van der Waals surface area contributed by atoms with E-state index in [1.165, 1.54) is 0 Å². The first-order valence-electron chi connectivity index (χ1n) is 5.32. The van der Waals surface area contributed by atoms with Gasteiger partial charge in [0.1, 0.15) is 5.75 Å². The minimum absolute atomic E-state index is 0.273. The molecule has 1 saturated heterocycles. The summed E-state index contributed by atoms with van der Waals surface area (Å²) in [5.74, 6) is 0.886. The number of hydrogen-bond acceptors (Lipinski definition) is 3. The molecule has 2 rings (SSSR count). The van der Waals surface area contributed by atoms with Crippen molar-refractivity contribution in [3.63, 3.8) is 0 Å². The predicted octanol–water partition coefficient (Wildman–Crippen LogP) is 2.28. The van der Waals surface area contributed by atoms with Gasteiger partial charge in [-0.2, -0.15) is 0 Å². The third-order valence-electron chi connectivity index (χ3n) is 2.82. The average Bonchev–Trinajstić information content (AvgIpc) is 2.65. The Balaban J connectivity index is 2.09. The Labute approximate surface area is 90.4 Å². The lowest BCUT2D eigenvalue weighted by atomic mass is 10.1. The number of ether oxygens (including phenoxy) is 2. The summed E-state index contributed by atoms with van der Waals surface area (Å²) in [5, 5.41) is 3.46. The van der Waals surface area contributed by atoms with Crippen molar-refractivity contribution in [2.75, 3.05) is 19.0 Å². The summed E-state index contributed by atoms with van der Waals surface area (Å²) in [6.07, 6.45) is 1.33. The second kappa shape index (κ2) is 4.53. The maximum absolute atomic E-state index is 5.51. The van der Waals surface area contributed by atoms with Crippen molar-refractivity contribution in [2.24, 2.45) is 0 Å². The van der Waals surface area contributed by atoms with Gasteiger partial charge in [-0.3, -0.25) is 0 Å². The van der Waals surface area contributed by atoms with Gasteiger partial charge in [-0.25, -0.2) is 0 Å². The van der Waals surface area contributed by atoms with Crippen LogP contribution in [0.3, 0.4) is 0 Å². The maximum atomic E-state index is 5.51. The van der Waals surface area contributed by atoms with Crippen LogP contribution in [0.5, 0.6) is 5.75 Å². The molecule has 82 valence electrons. The third kappa shape index (κ3) is 2.23. The molecule has 1 N–H and O–H groups in total.